The Morgan fingerprint density at radius 2 is 1.64 bits per heavy atom. The van der Waals surface area contributed by atoms with Gasteiger partial charge in [0.15, 0.2) is 0 Å². The van der Waals surface area contributed by atoms with E-state index in [1.54, 1.807) is 24.3 Å². The lowest BCUT2D eigenvalue weighted by atomic mass is 10.1. The second-order valence-corrected chi connectivity index (χ2v) is 8.41. The van der Waals surface area contributed by atoms with Crippen molar-refractivity contribution in [2.45, 2.75) is 19.3 Å². The molecule has 2 heterocycles. The summed E-state index contributed by atoms with van der Waals surface area (Å²) >= 11 is 0. The van der Waals surface area contributed by atoms with Crippen molar-refractivity contribution in [3.05, 3.63) is 90.1 Å². The standard InChI is InChI=1S/C27H27N5O/c33-27(20-8-10-23(11-9-20)31-30-22-6-2-1-3-7-22)29-24-12-13-26-25(18-24)21(19-28-26)14-17-32-15-4-5-16-32/h1-3,6-13,18-19,28H,4-5,14-17H2,(H,29,33). The molecule has 0 radical (unpaired) electrons. The number of likely N-dealkylation sites (tertiary alicyclic amines) is 1. The third-order valence-corrected chi connectivity index (χ3v) is 6.09. The summed E-state index contributed by atoms with van der Waals surface area (Å²) in [5.74, 6) is -0.143. The summed E-state index contributed by atoms with van der Waals surface area (Å²) in [5.41, 5.74) is 5.25. The topological polar surface area (TPSA) is 72.8 Å². The maximum atomic E-state index is 12.8. The maximum Gasteiger partial charge on any atom is 0.255 e. The van der Waals surface area contributed by atoms with E-state index in [1.807, 2.05) is 42.5 Å². The summed E-state index contributed by atoms with van der Waals surface area (Å²) in [6, 6.07) is 22.7. The third kappa shape index (κ3) is 5.18. The van der Waals surface area contributed by atoms with Crippen molar-refractivity contribution in [3.8, 4) is 0 Å². The number of aromatic nitrogens is 1. The second kappa shape index (κ2) is 9.79. The van der Waals surface area contributed by atoms with E-state index in [0.717, 1.165) is 29.9 Å². The molecule has 1 fully saturated rings. The number of aromatic amines is 1. The van der Waals surface area contributed by atoms with Crippen molar-refractivity contribution < 1.29 is 4.79 Å². The molecule has 1 amide bonds. The first-order valence-corrected chi connectivity index (χ1v) is 11.5. The molecule has 0 unspecified atom stereocenters. The van der Waals surface area contributed by atoms with Crippen LogP contribution in [0.15, 0.2) is 89.2 Å². The van der Waals surface area contributed by atoms with E-state index < -0.39 is 0 Å². The molecule has 1 aromatic heterocycles. The molecule has 6 heteroatoms. The summed E-state index contributed by atoms with van der Waals surface area (Å²) in [4.78, 5) is 18.7. The molecular formula is C27H27N5O. The highest BCUT2D eigenvalue weighted by molar-refractivity contribution is 6.05. The van der Waals surface area contributed by atoms with Gasteiger partial charge in [0, 0.05) is 34.9 Å². The van der Waals surface area contributed by atoms with Gasteiger partial charge in [-0.15, -0.1) is 0 Å². The summed E-state index contributed by atoms with van der Waals surface area (Å²) < 4.78 is 0. The van der Waals surface area contributed by atoms with Crippen LogP contribution in [-0.4, -0.2) is 35.4 Å². The lowest BCUT2D eigenvalue weighted by Crippen LogP contribution is -2.21. The van der Waals surface area contributed by atoms with Crippen LogP contribution in [0.3, 0.4) is 0 Å². The molecule has 5 rings (SSSR count). The Bertz CT molecular complexity index is 1250. The number of nitrogens with zero attached hydrogens (tertiary/aromatic N) is 3. The lowest BCUT2D eigenvalue weighted by Gasteiger charge is -2.13. The molecule has 4 aromatic rings. The molecule has 1 aliphatic heterocycles. The van der Waals surface area contributed by atoms with Crippen LogP contribution in [0.4, 0.5) is 17.1 Å². The minimum absolute atomic E-state index is 0.143. The number of H-pyrrole nitrogens is 1. The van der Waals surface area contributed by atoms with Gasteiger partial charge < -0.3 is 15.2 Å². The Kier molecular flexibility index (Phi) is 6.26. The fourth-order valence-corrected chi connectivity index (χ4v) is 4.24. The molecule has 0 bridgehead atoms. The number of amides is 1. The van der Waals surface area contributed by atoms with Crippen LogP contribution >= 0.6 is 0 Å². The average Bonchev–Trinajstić information content (AvgIpc) is 3.52. The van der Waals surface area contributed by atoms with E-state index in [2.05, 4.69) is 37.7 Å². The van der Waals surface area contributed by atoms with Gasteiger partial charge in [-0.3, -0.25) is 4.79 Å². The average molecular weight is 438 g/mol. The summed E-state index contributed by atoms with van der Waals surface area (Å²) in [6.07, 6.45) is 5.72. The zero-order valence-corrected chi connectivity index (χ0v) is 18.5. The number of benzene rings is 3. The summed E-state index contributed by atoms with van der Waals surface area (Å²) in [7, 11) is 0. The number of carbonyl (C=O) groups excluding carboxylic acids is 1. The third-order valence-electron chi connectivity index (χ3n) is 6.09. The van der Waals surface area contributed by atoms with Crippen LogP contribution in [0.5, 0.6) is 0 Å². The first-order chi connectivity index (χ1) is 16.2. The smallest absolute Gasteiger partial charge is 0.255 e. The molecule has 166 valence electrons. The van der Waals surface area contributed by atoms with E-state index in [0.29, 0.717) is 11.3 Å². The Hall–Kier alpha value is -3.77. The highest BCUT2D eigenvalue weighted by Gasteiger charge is 2.13. The highest BCUT2D eigenvalue weighted by atomic mass is 16.1. The number of azo groups is 1. The number of anilines is 1. The van der Waals surface area contributed by atoms with E-state index in [4.69, 9.17) is 0 Å². The first kappa shape index (κ1) is 21.1. The number of rotatable bonds is 7. The number of nitrogens with one attached hydrogen (secondary N) is 2. The van der Waals surface area contributed by atoms with Gasteiger partial charge in [-0.25, -0.2) is 0 Å². The van der Waals surface area contributed by atoms with Gasteiger partial charge in [-0.1, -0.05) is 18.2 Å². The van der Waals surface area contributed by atoms with Crippen molar-refractivity contribution in [1.29, 1.82) is 0 Å². The molecule has 0 atom stereocenters. The Morgan fingerprint density at radius 1 is 0.909 bits per heavy atom. The van der Waals surface area contributed by atoms with Gasteiger partial charge in [-0.05, 0) is 92.5 Å². The van der Waals surface area contributed by atoms with Crippen LogP contribution in [0, 0.1) is 0 Å². The minimum Gasteiger partial charge on any atom is -0.361 e. The van der Waals surface area contributed by atoms with Crippen molar-refractivity contribution in [2.24, 2.45) is 10.2 Å². The molecular weight excluding hydrogens is 410 g/mol. The lowest BCUT2D eigenvalue weighted by molar-refractivity contribution is 0.102. The zero-order chi connectivity index (χ0) is 22.5. The number of fused-ring (bicyclic) bond motifs is 1. The molecule has 0 saturated carbocycles. The quantitative estimate of drug-likeness (QED) is 0.325. The van der Waals surface area contributed by atoms with Crippen LogP contribution in [0.2, 0.25) is 0 Å². The zero-order valence-electron chi connectivity index (χ0n) is 18.5. The predicted octanol–water partition coefficient (Wildman–Crippen LogP) is 6.47. The van der Waals surface area contributed by atoms with Gasteiger partial charge >= 0.3 is 0 Å². The van der Waals surface area contributed by atoms with E-state index >= 15 is 0 Å². The molecule has 2 N–H and O–H groups in total. The molecule has 0 spiro atoms. The van der Waals surface area contributed by atoms with E-state index in [1.165, 1.54) is 36.9 Å². The van der Waals surface area contributed by atoms with Crippen molar-refractivity contribution in [2.75, 3.05) is 25.0 Å². The minimum atomic E-state index is -0.143. The van der Waals surface area contributed by atoms with Gasteiger partial charge in [0.2, 0.25) is 0 Å². The van der Waals surface area contributed by atoms with Crippen molar-refractivity contribution in [3.63, 3.8) is 0 Å². The largest absolute Gasteiger partial charge is 0.361 e. The van der Waals surface area contributed by atoms with Gasteiger partial charge in [0.05, 0.1) is 11.4 Å². The Balaban J connectivity index is 1.24. The number of hydrogen-bond acceptors (Lipinski definition) is 4. The number of carbonyl (C=O) groups is 1. The highest BCUT2D eigenvalue weighted by Crippen LogP contribution is 2.24. The molecule has 6 nitrogen and oxygen atoms in total. The summed E-state index contributed by atoms with van der Waals surface area (Å²) in [6.45, 7) is 3.49. The first-order valence-electron chi connectivity index (χ1n) is 11.5. The number of hydrogen-bond donors (Lipinski definition) is 2. The second-order valence-electron chi connectivity index (χ2n) is 8.41. The molecule has 1 saturated heterocycles. The Morgan fingerprint density at radius 3 is 2.39 bits per heavy atom. The molecule has 3 aromatic carbocycles. The maximum absolute atomic E-state index is 12.8. The van der Waals surface area contributed by atoms with Crippen LogP contribution in [-0.2, 0) is 6.42 Å². The molecule has 0 aliphatic carbocycles. The molecule has 1 aliphatic rings. The fraction of sp³-hybridized carbons (Fsp3) is 0.222. The van der Waals surface area contributed by atoms with Crippen molar-refractivity contribution in [1.82, 2.24) is 9.88 Å². The van der Waals surface area contributed by atoms with Crippen molar-refractivity contribution >= 4 is 33.9 Å². The van der Waals surface area contributed by atoms with Crippen LogP contribution in [0.1, 0.15) is 28.8 Å². The fourth-order valence-electron chi connectivity index (χ4n) is 4.24. The summed E-state index contributed by atoms with van der Waals surface area (Å²) in [5, 5.41) is 12.6. The molecule has 33 heavy (non-hydrogen) atoms. The van der Waals surface area contributed by atoms with Gasteiger partial charge in [-0.2, -0.15) is 10.2 Å². The monoisotopic (exact) mass is 437 g/mol. The van der Waals surface area contributed by atoms with E-state index in [-0.39, 0.29) is 5.91 Å². The Labute approximate surface area is 193 Å². The van der Waals surface area contributed by atoms with Gasteiger partial charge in [0.1, 0.15) is 0 Å². The van der Waals surface area contributed by atoms with Crippen LogP contribution in [0.25, 0.3) is 10.9 Å². The normalized spacial score (nSPS) is 14.3. The van der Waals surface area contributed by atoms with Gasteiger partial charge in [0.25, 0.3) is 5.91 Å². The van der Waals surface area contributed by atoms with E-state index in [9.17, 15) is 4.79 Å². The van der Waals surface area contributed by atoms with Crippen LogP contribution < -0.4 is 5.32 Å². The predicted molar refractivity (Wildman–Crippen MR) is 133 cm³/mol. The SMILES string of the molecule is O=C(Nc1ccc2[nH]cc(CCN3CCCC3)c2c1)c1ccc(N=Nc2ccccc2)cc1.